The molecule has 1 aliphatic heterocycles. The van der Waals surface area contributed by atoms with Crippen molar-refractivity contribution < 1.29 is 58.5 Å². The topological polar surface area (TPSA) is 457 Å². The van der Waals surface area contributed by atoms with Crippen molar-refractivity contribution in [2.24, 2.45) is 50.5 Å². The lowest BCUT2D eigenvalue weighted by atomic mass is 10.00. The van der Waals surface area contributed by atoms with Gasteiger partial charge in [0, 0.05) is 32.5 Å². The number of rotatable bonds is 33. The maximum absolute atomic E-state index is 14.6. The number of benzene rings is 2. The Bertz CT molecular complexity index is 2450. The zero-order valence-electron chi connectivity index (χ0n) is 46.2. The van der Waals surface area contributed by atoms with Crippen LogP contribution in [0, 0.1) is 11.8 Å². The number of carbonyl (C=O) groups excluding carboxylic acids is 8. The molecule has 0 spiro atoms. The fourth-order valence-corrected chi connectivity index (χ4v) is 8.74. The monoisotopic (exact) mass is 1120 g/mol. The van der Waals surface area contributed by atoms with Crippen LogP contribution in [0.15, 0.2) is 64.6 Å². The van der Waals surface area contributed by atoms with Crippen LogP contribution in [0.4, 0.5) is 0 Å². The Morgan fingerprint density at radius 1 is 0.575 bits per heavy atom. The Kier molecular flexibility index (Phi) is 27.6. The number of phenolic OH excluding ortho intramolecular Hbond substituents is 1. The third-order valence-electron chi connectivity index (χ3n) is 12.8. The Labute approximate surface area is 465 Å². The number of hydrogen-bond acceptors (Lipinski definition) is 14. The summed E-state index contributed by atoms with van der Waals surface area (Å²) in [7, 11) is 0. The molecule has 0 radical (unpaired) electrons. The van der Waals surface area contributed by atoms with E-state index in [4.69, 9.17) is 28.7 Å². The van der Waals surface area contributed by atoms with Crippen LogP contribution < -0.4 is 65.9 Å². The van der Waals surface area contributed by atoms with Gasteiger partial charge in [0.05, 0.1) is 12.6 Å². The van der Waals surface area contributed by atoms with Crippen LogP contribution >= 0.6 is 0 Å². The number of carboxylic acids is 1. The van der Waals surface area contributed by atoms with E-state index in [9.17, 15) is 58.5 Å². The van der Waals surface area contributed by atoms with Crippen molar-refractivity contribution in [1.29, 1.82) is 0 Å². The fourth-order valence-electron chi connectivity index (χ4n) is 8.74. The second-order valence-corrected chi connectivity index (χ2v) is 20.6. The number of hydrogen-bond donors (Lipinski definition) is 15. The number of carboxylic acid groups (broad SMARTS) is 1. The molecule has 2 aromatic carbocycles. The summed E-state index contributed by atoms with van der Waals surface area (Å²) >= 11 is 0. The summed E-state index contributed by atoms with van der Waals surface area (Å²) in [6, 6.07) is 2.46. The molecule has 1 aliphatic rings. The number of aliphatic hydroxyl groups is 1. The van der Waals surface area contributed by atoms with Crippen molar-refractivity contribution >= 4 is 65.1 Å². The van der Waals surface area contributed by atoms with E-state index in [-0.39, 0.29) is 94.0 Å². The molecule has 442 valence electrons. The van der Waals surface area contributed by atoms with E-state index in [0.29, 0.717) is 30.5 Å². The van der Waals surface area contributed by atoms with Crippen molar-refractivity contribution in [2.75, 3.05) is 26.2 Å². The van der Waals surface area contributed by atoms with E-state index in [1.165, 1.54) is 36.1 Å². The van der Waals surface area contributed by atoms with E-state index in [0.717, 1.165) is 0 Å². The quantitative estimate of drug-likeness (QED) is 0.0195. The molecule has 1 fully saturated rings. The molecule has 27 nitrogen and oxygen atoms in total. The van der Waals surface area contributed by atoms with Gasteiger partial charge in [0.1, 0.15) is 54.1 Å². The van der Waals surface area contributed by atoms with E-state index in [1.54, 1.807) is 58.0 Å². The summed E-state index contributed by atoms with van der Waals surface area (Å²) in [5.41, 5.74) is 29.0. The van der Waals surface area contributed by atoms with Crippen molar-refractivity contribution in [3.8, 4) is 5.75 Å². The van der Waals surface area contributed by atoms with Crippen LogP contribution in [0.5, 0.6) is 5.75 Å². The molecule has 2 aromatic rings. The molecular formula is C53H83N15O12. The second-order valence-electron chi connectivity index (χ2n) is 20.6. The zero-order valence-corrected chi connectivity index (χ0v) is 46.2. The number of amides is 8. The number of aliphatic hydroxyl groups excluding tert-OH is 1. The summed E-state index contributed by atoms with van der Waals surface area (Å²) in [6.45, 7) is 8.06. The molecule has 1 heterocycles. The van der Waals surface area contributed by atoms with Crippen LogP contribution in [0.3, 0.4) is 0 Å². The first kappa shape index (κ1) is 66.2. The van der Waals surface area contributed by atoms with E-state index in [1.807, 2.05) is 0 Å². The molecule has 0 saturated carbocycles. The predicted octanol–water partition coefficient (Wildman–Crippen LogP) is -2.81. The summed E-state index contributed by atoms with van der Waals surface area (Å²) in [5.74, 6) is -8.56. The van der Waals surface area contributed by atoms with Gasteiger partial charge in [0.25, 0.3) is 0 Å². The number of phenols is 1. The Hall–Kier alpha value is -8.07. The van der Waals surface area contributed by atoms with Crippen LogP contribution in [0.1, 0.15) is 97.1 Å². The first-order chi connectivity index (χ1) is 37.8. The van der Waals surface area contributed by atoms with E-state index in [2.05, 4.69) is 47.2 Å². The Morgan fingerprint density at radius 3 is 1.46 bits per heavy atom. The molecular weight excluding hydrogens is 1040 g/mol. The minimum atomic E-state index is -1.66. The minimum Gasteiger partial charge on any atom is -0.508 e. The number of nitrogens with two attached hydrogens (primary N) is 5. The highest BCUT2D eigenvalue weighted by Gasteiger charge is 2.38. The van der Waals surface area contributed by atoms with E-state index >= 15 is 0 Å². The molecule has 9 unspecified atom stereocenters. The molecule has 80 heavy (non-hydrogen) atoms. The normalized spacial score (nSPS) is 16.0. The molecule has 1 saturated heterocycles. The number of likely N-dealkylation sites (tertiary alicyclic amines) is 1. The van der Waals surface area contributed by atoms with Gasteiger partial charge in [0.2, 0.25) is 47.3 Å². The van der Waals surface area contributed by atoms with Gasteiger partial charge in [-0.2, -0.15) is 0 Å². The molecule has 9 atom stereocenters. The maximum atomic E-state index is 14.6. The third kappa shape index (κ3) is 23.1. The number of nitrogens with one attached hydrogen (secondary N) is 7. The molecule has 3 rings (SSSR count). The highest BCUT2D eigenvalue weighted by molar-refractivity contribution is 5.98. The molecule has 0 bridgehead atoms. The summed E-state index contributed by atoms with van der Waals surface area (Å²) in [6.07, 6.45) is 0.796. The van der Waals surface area contributed by atoms with Gasteiger partial charge in [-0.1, -0.05) is 70.2 Å². The van der Waals surface area contributed by atoms with Crippen molar-refractivity contribution in [3.05, 3.63) is 65.7 Å². The molecule has 20 N–H and O–H groups in total. The van der Waals surface area contributed by atoms with Gasteiger partial charge in [-0.15, -0.1) is 0 Å². The highest BCUT2D eigenvalue weighted by atomic mass is 16.4. The lowest BCUT2D eigenvalue weighted by Gasteiger charge is -2.29. The largest absolute Gasteiger partial charge is 0.508 e. The third-order valence-corrected chi connectivity index (χ3v) is 12.8. The summed E-state index contributed by atoms with van der Waals surface area (Å²) in [4.78, 5) is 133. The predicted molar refractivity (Wildman–Crippen MR) is 297 cm³/mol. The number of aliphatic imine (C=N–C) groups is 2. The number of aliphatic carboxylic acids is 1. The molecule has 0 aliphatic carbocycles. The average molecular weight is 1120 g/mol. The zero-order chi connectivity index (χ0) is 59.6. The number of carbonyl (C=O) groups is 9. The average Bonchev–Trinajstić information content (AvgIpc) is 3.89. The standard InChI is InChI=1S/C53H83N15O12/c1-29(2)24-37(63-44(72)36(15-10-22-60-53(57)58)62-49(77)42-16-11-23-68(42)50(78)31(5)54)45(73)61-35(14-9-21-59-52(55)56)43(71)64-38(26-32-12-7-6-8-13-32)46(74)65-39(27-33-17-19-34(70)20-18-33)47(75)67-41(28-69)48(76)66-40(51(79)80)25-30(3)4/h6-8,12-13,17-20,29-31,35-42,69-70H,9-11,14-16,21-28,54H2,1-5H3,(H,61,73)(H,62,77)(H,63,72)(H,64,71)(H,65,74)(H,66,76)(H,67,75)(H,79,80)(H4,55,56,59)(H4,57,58,60). The fraction of sp³-hybridized carbons (Fsp3) is 0.566. The Balaban J connectivity index is 2.00. The van der Waals surface area contributed by atoms with Gasteiger partial charge in [-0.25, -0.2) is 4.79 Å². The summed E-state index contributed by atoms with van der Waals surface area (Å²) in [5, 5.41) is 48.3. The van der Waals surface area contributed by atoms with Crippen molar-refractivity contribution in [2.45, 2.75) is 153 Å². The second kappa shape index (κ2) is 33.4. The van der Waals surface area contributed by atoms with Gasteiger partial charge >= 0.3 is 5.97 Å². The minimum absolute atomic E-state index is 0.0134. The van der Waals surface area contributed by atoms with Gasteiger partial charge in [-0.3, -0.25) is 48.3 Å². The van der Waals surface area contributed by atoms with Crippen LogP contribution in [-0.4, -0.2) is 166 Å². The highest BCUT2D eigenvalue weighted by Crippen LogP contribution is 2.20. The molecule has 27 heteroatoms. The number of guanidine groups is 2. The van der Waals surface area contributed by atoms with Crippen LogP contribution in [0.25, 0.3) is 0 Å². The maximum Gasteiger partial charge on any atom is 0.326 e. The molecule has 8 amide bonds. The van der Waals surface area contributed by atoms with Crippen molar-refractivity contribution in [1.82, 2.24) is 42.1 Å². The first-order valence-electron chi connectivity index (χ1n) is 26.7. The van der Waals surface area contributed by atoms with Gasteiger partial charge in [-0.05, 0) is 93.4 Å². The summed E-state index contributed by atoms with van der Waals surface area (Å²) < 4.78 is 0. The number of aromatic hydroxyl groups is 1. The van der Waals surface area contributed by atoms with Crippen molar-refractivity contribution in [3.63, 3.8) is 0 Å². The number of nitrogens with zero attached hydrogens (tertiary/aromatic N) is 3. The van der Waals surface area contributed by atoms with Gasteiger partial charge < -0.3 is 86.1 Å². The van der Waals surface area contributed by atoms with Gasteiger partial charge in [0.15, 0.2) is 11.9 Å². The lowest BCUT2D eigenvalue weighted by Crippen LogP contribution is -2.61. The van der Waals surface area contributed by atoms with Crippen LogP contribution in [0.2, 0.25) is 0 Å². The molecule has 0 aromatic heterocycles. The van der Waals surface area contributed by atoms with Crippen LogP contribution in [-0.2, 0) is 56.0 Å². The van der Waals surface area contributed by atoms with E-state index < -0.39 is 114 Å². The first-order valence-corrected chi connectivity index (χ1v) is 26.7. The lowest BCUT2D eigenvalue weighted by molar-refractivity contribution is -0.143. The Morgan fingerprint density at radius 2 is 0.988 bits per heavy atom. The smallest absolute Gasteiger partial charge is 0.326 e. The SMILES string of the molecule is CC(C)CC(NC(=O)C(CO)NC(=O)C(Cc1ccc(O)cc1)NC(=O)C(Cc1ccccc1)NC(=O)C(CCCN=C(N)N)NC(=O)C(CC(C)C)NC(=O)C(CCCN=C(N)N)NC(=O)C1CCCN1C(=O)C(C)N)C(=O)O.